The van der Waals surface area contributed by atoms with Gasteiger partial charge >= 0.3 is 0 Å². The van der Waals surface area contributed by atoms with Crippen LogP contribution in [-0.2, 0) is 0 Å². The minimum atomic E-state index is 0.737. The number of thioether (sulfide) groups is 1. The third-order valence-electron chi connectivity index (χ3n) is 5.89. The topological polar surface area (TPSA) is 57.1 Å². The Hall–Kier alpha value is -2.60. The monoisotopic (exact) mass is 435 g/mol. The van der Waals surface area contributed by atoms with Gasteiger partial charge in [0.1, 0.15) is 22.9 Å². The first kappa shape index (κ1) is 21.6. The Balaban J connectivity index is 1.63. The normalized spacial score (nSPS) is 18.5. The summed E-state index contributed by atoms with van der Waals surface area (Å²) >= 11 is 1.73. The second kappa shape index (κ2) is 10.1. The van der Waals surface area contributed by atoms with Crippen LogP contribution in [0.2, 0.25) is 0 Å². The highest BCUT2D eigenvalue weighted by Crippen LogP contribution is 2.34. The summed E-state index contributed by atoms with van der Waals surface area (Å²) in [4.78, 5) is 4.94. The van der Waals surface area contributed by atoms with Crippen molar-refractivity contribution in [3.8, 4) is 34.0 Å². The first-order valence-corrected chi connectivity index (χ1v) is 11.8. The van der Waals surface area contributed by atoms with E-state index in [1.165, 1.54) is 25.7 Å². The molecule has 6 heteroatoms. The third kappa shape index (κ3) is 5.37. The lowest BCUT2D eigenvalue weighted by molar-refractivity contribution is 0.305. The zero-order valence-electron chi connectivity index (χ0n) is 18.4. The van der Waals surface area contributed by atoms with Crippen LogP contribution in [0.1, 0.15) is 32.6 Å². The van der Waals surface area contributed by atoms with Crippen LogP contribution in [0.15, 0.2) is 53.7 Å². The van der Waals surface area contributed by atoms with Crippen LogP contribution in [0.3, 0.4) is 0 Å². The smallest absolute Gasteiger partial charge is 0.209 e. The van der Waals surface area contributed by atoms with Crippen LogP contribution >= 0.6 is 11.8 Å². The van der Waals surface area contributed by atoms with E-state index in [0.717, 1.165) is 56.8 Å². The Morgan fingerprint density at radius 3 is 2.03 bits per heavy atom. The van der Waals surface area contributed by atoms with Gasteiger partial charge in [0.15, 0.2) is 0 Å². The lowest BCUT2D eigenvalue weighted by atomic mass is 9.83. The van der Waals surface area contributed by atoms with Crippen LogP contribution in [0, 0.1) is 11.8 Å². The van der Waals surface area contributed by atoms with Gasteiger partial charge in [-0.3, -0.25) is 0 Å². The maximum atomic E-state index is 5.32. The SMILES string of the molecule is COc1ccc(-c2nnc(SCC3CCCC(C)C3)nc2-c2ccc(OC)cc2)cc1. The van der Waals surface area contributed by atoms with Gasteiger partial charge in [0.2, 0.25) is 5.16 Å². The van der Waals surface area contributed by atoms with E-state index in [4.69, 9.17) is 14.5 Å². The standard InChI is InChI=1S/C25H29N3O2S/c1-17-5-4-6-18(15-17)16-31-25-26-23(19-7-11-21(29-2)12-8-19)24(27-28-25)20-9-13-22(30-3)14-10-20/h7-14,17-18H,4-6,15-16H2,1-3H3. The summed E-state index contributed by atoms with van der Waals surface area (Å²) in [5.74, 6) is 4.24. The molecule has 1 aliphatic carbocycles. The predicted molar refractivity (Wildman–Crippen MR) is 126 cm³/mol. The zero-order chi connectivity index (χ0) is 21.6. The Morgan fingerprint density at radius 2 is 1.45 bits per heavy atom. The van der Waals surface area contributed by atoms with Crippen molar-refractivity contribution in [3.05, 3.63) is 48.5 Å². The summed E-state index contributed by atoms with van der Waals surface area (Å²) in [7, 11) is 3.34. The van der Waals surface area contributed by atoms with Crippen molar-refractivity contribution in [2.75, 3.05) is 20.0 Å². The molecule has 2 unspecified atom stereocenters. The zero-order valence-corrected chi connectivity index (χ0v) is 19.2. The number of ether oxygens (including phenoxy) is 2. The van der Waals surface area contributed by atoms with Crippen molar-refractivity contribution >= 4 is 11.8 Å². The molecule has 2 atom stereocenters. The second-order valence-electron chi connectivity index (χ2n) is 8.20. The summed E-state index contributed by atoms with van der Waals surface area (Å²) in [5.41, 5.74) is 3.56. The summed E-state index contributed by atoms with van der Waals surface area (Å²) in [6.07, 6.45) is 5.30. The fourth-order valence-corrected chi connectivity index (χ4v) is 5.11. The molecule has 3 aromatic rings. The summed E-state index contributed by atoms with van der Waals surface area (Å²) in [5, 5.41) is 9.80. The molecule has 0 spiro atoms. The first-order chi connectivity index (χ1) is 15.2. The fraction of sp³-hybridized carbons (Fsp3) is 0.400. The van der Waals surface area contributed by atoms with Gasteiger partial charge in [-0.1, -0.05) is 31.5 Å². The Kier molecular flexibility index (Phi) is 7.07. The molecule has 1 saturated carbocycles. The van der Waals surface area contributed by atoms with Gasteiger partial charge < -0.3 is 9.47 Å². The van der Waals surface area contributed by atoms with Crippen molar-refractivity contribution in [1.29, 1.82) is 0 Å². The average molecular weight is 436 g/mol. The first-order valence-electron chi connectivity index (χ1n) is 10.8. The maximum absolute atomic E-state index is 5.32. The molecule has 0 aliphatic heterocycles. The number of benzene rings is 2. The summed E-state index contributed by atoms with van der Waals surface area (Å²) in [6.45, 7) is 2.36. The van der Waals surface area contributed by atoms with Crippen molar-refractivity contribution in [3.63, 3.8) is 0 Å². The lowest BCUT2D eigenvalue weighted by Crippen LogP contribution is -2.15. The quantitative estimate of drug-likeness (QED) is 0.415. The van der Waals surface area contributed by atoms with Gasteiger partial charge in [-0.15, -0.1) is 10.2 Å². The Morgan fingerprint density at radius 1 is 0.839 bits per heavy atom. The molecule has 0 saturated heterocycles. The average Bonchev–Trinajstić information content (AvgIpc) is 2.83. The van der Waals surface area contributed by atoms with Gasteiger partial charge in [-0.05, 0) is 73.2 Å². The largest absolute Gasteiger partial charge is 0.497 e. The van der Waals surface area contributed by atoms with E-state index < -0.39 is 0 Å². The van der Waals surface area contributed by atoms with Gasteiger partial charge in [0, 0.05) is 16.9 Å². The summed E-state index contributed by atoms with van der Waals surface area (Å²) < 4.78 is 10.6. The van der Waals surface area contributed by atoms with E-state index in [1.54, 1.807) is 26.0 Å². The van der Waals surface area contributed by atoms with Crippen LogP contribution in [0.4, 0.5) is 0 Å². The maximum Gasteiger partial charge on any atom is 0.209 e. The second-order valence-corrected chi connectivity index (χ2v) is 9.18. The van der Waals surface area contributed by atoms with Gasteiger partial charge in [0.05, 0.1) is 14.2 Å². The predicted octanol–water partition coefficient (Wildman–Crippen LogP) is 6.14. The minimum Gasteiger partial charge on any atom is -0.497 e. The minimum absolute atomic E-state index is 0.737. The van der Waals surface area contributed by atoms with Gasteiger partial charge in [-0.25, -0.2) is 4.98 Å². The van der Waals surface area contributed by atoms with E-state index >= 15 is 0 Å². The molecule has 0 N–H and O–H groups in total. The highest BCUT2D eigenvalue weighted by atomic mass is 32.2. The van der Waals surface area contributed by atoms with Crippen LogP contribution in [0.5, 0.6) is 11.5 Å². The van der Waals surface area contributed by atoms with E-state index in [0.29, 0.717) is 0 Å². The Labute approximate surface area is 188 Å². The molecule has 4 rings (SSSR count). The van der Waals surface area contributed by atoms with Gasteiger partial charge in [0.25, 0.3) is 0 Å². The number of nitrogens with zero attached hydrogens (tertiary/aromatic N) is 3. The van der Waals surface area contributed by atoms with Crippen molar-refractivity contribution in [2.24, 2.45) is 11.8 Å². The van der Waals surface area contributed by atoms with Crippen LogP contribution in [0.25, 0.3) is 22.5 Å². The Bertz CT molecular complexity index is 993. The molecule has 31 heavy (non-hydrogen) atoms. The molecule has 1 heterocycles. The highest BCUT2D eigenvalue weighted by Gasteiger charge is 2.20. The highest BCUT2D eigenvalue weighted by molar-refractivity contribution is 7.99. The molecule has 2 aromatic carbocycles. The van der Waals surface area contributed by atoms with E-state index in [2.05, 4.69) is 17.1 Å². The molecular weight excluding hydrogens is 406 g/mol. The fourth-order valence-electron chi connectivity index (χ4n) is 4.17. The number of hydrogen-bond donors (Lipinski definition) is 0. The van der Waals surface area contributed by atoms with Crippen molar-refractivity contribution in [1.82, 2.24) is 15.2 Å². The number of hydrogen-bond acceptors (Lipinski definition) is 6. The lowest BCUT2D eigenvalue weighted by Gasteiger charge is -2.26. The van der Waals surface area contributed by atoms with E-state index in [1.807, 2.05) is 48.5 Å². The number of rotatable bonds is 7. The molecule has 0 amide bonds. The van der Waals surface area contributed by atoms with Gasteiger partial charge in [-0.2, -0.15) is 0 Å². The molecule has 0 bridgehead atoms. The van der Waals surface area contributed by atoms with E-state index in [9.17, 15) is 0 Å². The molecule has 1 aromatic heterocycles. The van der Waals surface area contributed by atoms with Crippen LogP contribution < -0.4 is 9.47 Å². The van der Waals surface area contributed by atoms with E-state index in [-0.39, 0.29) is 0 Å². The molecule has 162 valence electrons. The molecule has 1 aliphatic rings. The number of methoxy groups -OCH3 is 2. The third-order valence-corrected chi connectivity index (χ3v) is 6.96. The van der Waals surface area contributed by atoms with Crippen molar-refractivity contribution < 1.29 is 9.47 Å². The molecular formula is C25H29N3O2S. The molecule has 0 radical (unpaired) electrons. The summed E-state index contributed by atoms with van der Waals surface area (Å²) in [6, 6.07) is 15.8. The molecule has 1 fully saturated rings. The van der Waals surface area contributed by atoms with Crippen molar-refractivity contribution in [2.45, 2.75) is 37.8 Å². The molecule has 5 nitrogen and oxygen atoms in total. The number of aromatic nitrogens is 3. The van der Waals surface area contributed by atoms with Crippen LogP contribution in [-0.4, -0.2) is 35.2 Å².